The number of allylic oxidation sites excluding steroid dienone is 1. The molecule has 104 valence electrons. The van der Waals surface area contributed by atoms with Gasteiger partial charge in [0.15, 0.2) is 0 Å². The Bertz CT molecular complexity index is 396. The fourth-order valence-electron chi connectivity index (χ4n) is 2.68. The van der Waals surface area contributed by atoms with Crippen molar-refractivity contribution in [2.75, 3.05) is 20.2 Å². The molecule has 0 aliphatic carbocycles. The lowest BCUT2D eigenvalue weighted by atomic mass is 10.00. The third kappa shape index (κ3) is 4.39. The van der Waals surface area contributed by atoms with Crippen LogP contribution in [0.4, 0.5) is 0 Å². The minimum atomic E-state index is 0.783. The molecule has 0 saturated heterocycles. The average molecular weight is 259 g/mol. The van der Waals surface area contributed by atoms with Gasteiger partial charge in [-0.3, -0.25) is 4.90 Å². The van der Waals surface area contributed by atoms with Crippen molar-refractivity contribution in [1.82, 2.24) is 4.90 Å². The second kappa shape index (κ2) is 7.34. The Morgan fingerprint density at radius 2 is 2.05 bits per heavy atom. The lowest BCUT2D eigenvalue weighted by Gasteiger charge is -2.20. The van der Waals surface area contributed by atoms with Gasteiger partial charge in [-0.25, -0.2) is 0 Å². The van der Waals surface area contributed by atoms with Crippen LogP contribution >= 0.6 is 0 Å². The van der Waals surface area contributed by atoms with Gasteiger partial charge in [-0.15, -0.1) is 0 Å². The first-order valence-electron chi connectivity index (χ1n) is 7.33. The smallest absolute Gasteiger partial charge is 0.118 e. The average Bonchev–Trinajstić information content (AvgIpc) is 2.66. The van der Waals surface area contributed by atoms with E-state index in [1.165, 1.54) is 31.4 Å². The monoisotopic (exact) mass is 259 g/mol. The molecule has 1 atom stereocenters. The molecule has 0 bridgehead atoms. The van der Waals surface area contributed by atoms with Gasteiger partial charge in [-0.1, -0.05) is 37.6 Å². The molecule has 0 spiro atoms. The van der Waals surface area contributed by atoms with Gasteiger partial charge >= 0.3 is 0 Å². The highest BCUT2D eigenvalue weighted by atomic mass is 16.5. The first kappa shape index (κ1) is 14.1. The van der Waals surface area contributed by atoms with Crippen LogP contribution in [0.15, 0.2) is 36.4 Å². The van der Waals surface area contributed by atoms with Crippen molar-refractivity contribution in [1.29, 1.82) is 0 Å². The second-order valence-electron chi connectivity index (χ2n) is 5.35. The molecule has 1 aliphatic heterocycles. The van der Waals surface area contributed by atoms with Gasteiger partial charge in [0.2, 0.25) is 0 Å². The minimum Gasteiger partial charge on any atom is -0.497 e. The molecule has 0 aromatic heterocycles. The van der Waals surface area contributed by atoms with Gasteiger partial charge in [0.1, 0.15) is 5.75 Å². The van der Waals surface area contributed by atoms with Crippen molar-refractivity contribution in [3.05, 3.63) is 42.0 Å². The van der Waals surface area contributed by atoms with E-state index in [0.29, 0.717) is 0 Å². The van der Waals surface area contributed by atoms with Gasteiger partial charge in [-0.05, 0) is 43.0 Å². The van der Waals surface area contributed by atoms with Gasteiger partial charge in [0, 0.05) is 13.1 Å². The van der Waals surface area contributed by atoms with Crippen molar-refractivity contribution in [3.63, 3.8) is 0 Å². The molecule has 1 aromatic carbocycles. The zero-order valence-corrected chi connectivity index (χ0v) is 12.1. The molecule has 2 heteroatoms. The summed E-state index contributed by atoms with van der Waals surface area (Å²) in [5.41, 5.74) is 1.36. The highest BCUT2D eigenvalue weighted by Crippen LogP contribution is 2.19. The Kier molecular flexibility index (Phi) is 5.46. The fourth-order valence-corrected chi connectivity index (χ4v) is 2.68. The normalized spacial score (nSPS) is 20.2. The van der Waals surface area contributed by atoms with Crippen molar-refractivity contribution in [2.24, 2.45) is 5.92 Å². The maximum atomic E-state index is 5.20. The van der Waals surface area contributed by atoms with E-state index < -0.39 is 0 Å². The summed E-state index contributed by atoms with van der Waals surface area (Å²) in [6.45, 7) is 5.58. The molecule has 0 saturated carbocycles. The highest BCUT2D eigenvalue weighted by molar-refractivity contribution is 5.27. The number of methoxy groups -OCH3 is 1. The van der Waals surface area contributed by atoms with E-state index in [9.17, 15) is 0 Å². The molecular weight excluding hydrogens is 234 g/mol. The van der Waals surface area contributed by atoms with Gasteiger partial charge < -0.3 is 4.74 Å². The zero-order chi connectivity index (χ0) is 13.5. The summed E-state index contributed by atoms with van der Waals surface area (Å²) in [5, 5.41) is 0. The third-order valence-electron chi connectivity index (χ3n) is 3.81. The van der Waals surface area contributed by atoms with Crippen LogP contribution in [0.2, 0.25) is 0 Å². The Morgan fingerprint density at radius 3 is 2.74 bits per heavy atom. The molecule has 1 heterocycles. The number of benzene rings is 1. The van der Waals surface area contributed by atoms with E-state index in [0.717, 1.165) is 24.8 Å². The summed E-state index contributed by atoms with van der Waals surface area (Å²) >= 11 is 0. The van der Waals surface area contributed by atoms with E-state index in [1.54, 1.807) is 7.11 Å². The van der Waals surface area contributed by atoms with Gasteiger partial charge in [0.25, 0.3) is 0 Å². The lowest BCUT2D eigenvalue weighted by molar-refractivity contribution is 0.283. The molecule has 0 N–H and O–H groups in total. The minimum absolute atomic E-state index is 0.783. The van der Waals surface area contributed by atoms with Gasteiger partial charge in [-0.2, -0.15) is 0 Å². The number of rotatable bonds is 5. The van der Waals surface area contributed by atoms with E-state index in [1.807, 2.05) is 12.1 Å². The molecule has 1 unspecified atom stereocenters. The number of hydrogen-bond donors (Lipinski definition) is 0. The predicted molar refractivity (Wildman–Crippen MR) is 80.4 cm³/mol. The van der Waals surface area contributed by atoms with Crippen LogP contribution in [0.25, 0.3) is 0 Å². The van der Waals surface area contributed by atoms with Crippen LogP contribution in [-0.2, 0) is 6.54 Å². The van der Waals surface area contributed by atoms with Crippen LogP contribution in [0.3, 0.4) is 0 Å². The maximum Gasteiger partial charge on any atom is 0.118 e. The summed E-state index contributed by atoms with van der Waals surface area (Å²) in [5.74, 6) is 1.72. The highest BCUT2D eigenvalue weighted by Gasteiger charge is 2.12. The standard InChI is InChI=1S/C17H25NO/c1-3-5-15-6-4-12-18(13-11-15)14-16-7-9-17(19-2)10-8-16/h4,6-10,15H,3,5,11-14H2,1-2H3. The van der Waals surface area contributed by atoms with Crippen LogP contribution < -0.4 is 4.74 Å². The van der Waals surface area contributed by atoms with Crippen LogP contribution in [0, 0.1) is 5.92 Å². The Hall–Kier alpha value is -1.28. The summed E-state index contributed by atoms with van der Waals surface area (Å²) in [7, 11) is 1.71. The van der Waals surface area contributed by atoms with Crippen molar-refractivity contribution >= 4 is 0 Å². The Balaban J connectivity index is 1.87. The first-order valence-corrected chi connectivity index (χ1v) is 7.33. The molecule has 2 nitrogen and oxygen atoms in total. The van der Waals surface area contributed by atoms with E-state index >= 15 is 0 Å². The third-order valence-corrected chi connectivity index (χ3v) is 3.81. The molecule has 2 rings (SSSR count). The maximum absolute atomic E-state index is 5.20. The van der Waals surface area contributed by atoms with E-state index in [2.05, 4.69) is 36.1 Å². The van der Waals surface area contributed by atoms with Crippen LogP contribution in [0.5, 0.6) is 5.75 Å². The van der Waals surface area contributed by atoms with Crippen LogP contribution in [-0.4, -0.2) is 25.1 Å². The summed E-state index contributed by atoms with van der Waals surface area (Å²) in [4.78, 5) is 2.52. The fraction of sp³-hybridized carbons (Fsp3) is 0.529. The summed E-state index contributed by atoms with van der Waals surface area (Å²) < 4.78 is 5.20. The topological polar surface area (TPSA) is 12.5 Å². The van der Waals surface area contributed by atoms with Crippen LogP contribution in [0.1, 0.15) is 31.7 Å². The zero-order valence-electron chi connectivity index (χ0n) is 12.1. The molecule has 0 radical (unpaired) electrons. The lowest BCUT2D eigenvalue weighted by Crippen LogP contribution is -2.24. The summed E-state index contributed by atoms with van der Waals surface area (Å²) in [6.07, 6.45) is 8.66. The number of ether oxygens (including phenoxy) is 1. The largest absolute Gasteiger partial charge is 0.497 e. The Labute approximate surface area is 117 Å². The Morgan fingerprint density at radius 1 is 1.26 bits per heavy atom. The molecule has 0 amide bonds. The van der Waals surface area contributed by atoms with Crippen molar-refractivity contribution in [2.45, 2.75) is 32.7 Å². The molecule has 0 fully saturated rings. The molecular formula is C17H25NO. The van der Waals surface area contributed by atoms with E-state index in [4.69, 9.17) is 4.74 Å². The first-order chi connectivity index (χ1) is 9.31. The second-order valence-corrected chi connectivity index (χ2v) is 5.35. The van der Waals surface area contributed by atoms with Gasteiger partial charge in [0.05, 0.1) is 7.11 Å². The SMILES string of the molecule is CCCC1C=CCN(Cc2ccc(OC)cc2)CC1. The van der Waals surface area contributed by atoms with E-state index in [-0.39, 0.29) is 0 Å². The molecule has 1 aromatic rings. The quantitative estimate of drug-likeness (QED) is 0.744. The van der Waals surface area contributed by atoms with Crippen molar-refractivity contribution in [3.8, 4) is 5.75 Å². The summed E-state index contributed by atoms with van der Waals surface area (Å²) in [6, 6.07) is 8.42. The molecule has 1 aliphatic rings. The molecule has 19 heavy (non-hydrogen) atoms. The number of nitrogens with zero attached hydrogens (tertiary/aromatic N) is 1. The predicted octanol–water partition coefficient (Wildman–Crippen LogP) is 3.87. The number of hydrogen-bond acceptors (Lipinski definition) is 2. The van der Waals surface area contributed by atoms with Crippen molar-refractivity contribution < 1.29 is 4.74 Å².